The number of hydrogen-bond donors (Lipinski definition) is 1. The molecule has 0 saturated heterocycles. The average molecular weight is 422 g/mol. The minimum Gasteiger partial charge on any atom is -0.340 e. The molecule has 0 heterocycles. The highest BCUT2D eigenvalue weighted by molar-refractivity contribution is 6.09. The van der Waals surface area contributed by atoms with E-state index in [4.69, 9.17) is 4.99 Å². The van der Waals surface area contributed by atoms with Crippen molar-refractivity contribution in [1.82, 2.24) is 0 Å². The Bertz CT molecular complexity index is 852. The highest BCUT2D eigenvalue weighted by Gasteiger charge is 2.08. The lowest BCUT2D eigenvalue weighted by molar-refractivity contribution is 1.09. The summed E-state index contributed by atoms with van der Waals surface area (Å²) in [5.41, 5.74) is 7.81. The SMILES string of the molecule is CC=N/C=C(\C)C(=Nc1c(C)cccc1C)Nc1ccc(C)cc1C.CCC.CCC. The number of rotatable bonds is 4. The second kappa shape index (κ2) is 16.1. The highest BCUT2D eigenvalue weighted by atomic mass is 15.0. The fourth-order valence-electron chi connectivity index (χ4n) is 2.64. The molecule has 0 atom stereocenters. The number of hydrogen-bond acceptors (Lipinski definition) is 2. The third kappa shape index (κ3) is 10.8. The van der Waals surface area contributed by atoms with E-state index in [9.17, 15) is 0 Å². The number of amidine groups is 1. The smallest absolute Gasteiger partial charge is 0.135 e. The molecule has 0 amide bonds. The Morgan fingerprint density at radius 1 is 0.871 bits per heavy atom. The summed E-state index contributed by atoms with van der Waals surface area (Å²) >= 11 is 0. The Morgan fingerprint density at radius 2 is 1.42 bits per heavy atom. The number of benzene rings is 2. The molecule has 2 rings (SSSR count). The third-order valence-corrected chi connectivity index (χ3v) is 4.09. The summed E-state index contributed by atoms with van der Waals surface area (Å²) in [4.78, 5) is 9.18. The minimum atomic E-state index is 0.815. The molecule has 0 radical (unpaired) electrons. The predicted molar refractivity (Wildman–Crippen MR) is 142 cm³/mol. The Morgan fingerprint density at radius 3 is 1.90 bits per heavy atom. The first-order valence-corrected chi connectivity index (χ1v) is 11.4. The molecule has 0 unspecified atom stereocenters. The van der Waals surface area contributed by atoms with Gasteiger partial charge in [0.1, 0.15) is 5.84 Å². The van der Waals surface area contributed by atoms with Gasteiger partial charge in [0.05, 0.1) is 5.69 Å². The molecular weight excluding hydrogens is 378 g/mol. The van der Waals surface area contributed by atoms with Crippen molar-refractivity contribution in [2.24, 2.45) is 9.98 Å². The molecule has 0 aliphatic rings. The van der Waals surface area contributed by atoms with E-state index in [1.807, 2.05) is 20.0 Å². The van der Waals surface area contributed by atoms with Crippen molar-refractivity contribution >= 4 is 23.4 Å². The molecule has 0 aliphatic carbocycles. The topological polar surface area (TPSA) is 36.8 Å². The van der Waals surface area contributed by atoms with E-state index < -0.39 is 0 Å². The maximum absolute atomic E-state index is 4.93. The van der Waals surface area contributed by atoms with Crippen molar-refractivity contribution < 1.29 is 0 Å². The van der Waals surface area contributed by atoms with Crippen molar-refractivity contribution in [3.63, 3.8) is 0 Å². The van der Waals surface area contributed by atoms with Gasteiger partial charge in [0.15, 0.2) is 0 Å². The van der Waals surface area contributed by atoms with Crippen molar-refractivity contribution in [2.45, 2.75) is 82.1 Å². The van der Waals surface area contributed by atoms with Gasteiger partial charge in [-0.25, -0.2) is 4.99 Å². The quantitative estimate of drug-likeness (QED) is 0.388. The summed E-state index contributed by atoms with van der Waals surface area (Å²) in [5.74, 6) is 0.815. The van der Waals surface area contributed by atoms with E-state index >= 15 is 0 Å². The van der Waals surface area contributed by atoms with Crippen LogP contribution in [0.4, 0.5) is 11.4 Å². The Balaban J connectivity index is 0.00000134. The second-order valence-corrected chi connectivity index (χ2v) is 7.78. The molecule has 0 aliphatic heterocycles. The Labute approximate surface area is 191 Å². The lowest BCUT2D eigenvalue weighted by Gasteiger charge is -2.14. The van der Waals surface area contributed by atoms with Crippen molar-refractivity contribution in [1.29, 1.82) is 0 Å². The van der Waals surface area contributed by atoms with Gasteiger partial charge in [-0.2, -0.15) is 0 Å². The second-order valence-electron chi connectivity index (χ2n) is 7.78. The molecule has 170 valence electrons. The summed E-state index contributed by atoms with van der Waals surface area (Å²) in [7, 11) is 0. The van der Waals surface area contributed by atoms with Crippen LogP contribution in [0, 0.1) is 27.7 Å². The molecule has 31 heavy (non-hydrogen) atoms. The zero-order valence-electron chi connectivity index (χ0n) is 21.4. The van der Waals surface area contributed by atoms with Gasteiger partial charge in [-0.3, -0.25) is 4.99 Å². The molecule has 0 fully saturated rings. The van der Waals surface area contributed by atoms with Crippen LogP contribution in [0.25, 0.3) is 0 Å². The van der Waals surface area contributed by atoms with Crippen LogP contribution >= 0.6 is 0 Å². The van der Waals surface area contributed by atoms with Gasteiger partial charge >= 0.3 is 0 Å². The van der Waals surface area contributed by atoms with E-state index in [0.29, 0.717) is 0 Å². The molecule has 3 nitrogen and oxygen atoms in total. The van der Waals surface area contributed by atoms with Gasteiger partial charge in [-0.1, -0.05) is 76.4 Å². The van der Waals surface area contributed by atoms with Crippen LogP contribution in [-0.4, -0.2) is 12.1 Å². The van der Waals surface area contributed by atoms with E-state index in [2.05, 4.69) is 102 Å². The van der Waals surface area contributed by atoms with Crippen LogP contribution in [0.3, 0.4) is 0 Å². The van der Waals surface area contributed by atoms with Gasteiger partial charge in [0, 0.05) is 23.7 Å². The maximum Gasteiger partial charge on any atom is 0.135 e. The number of para-hydroxylation sites is 1. The molecule has 0 bridgehead atoms. The first kappa shape index (κ1) is 28.3. The number of nitrogens with one attached hydrogen (secondary N) is 1. The van der Waals surface area contributed by atoms with Crippen LogP contribution < -0.4 is 5.32 Å². The Kier molecular flexibility index (Phi) is 14.7. The van der Waals surface area contributed by atoms with E-state index in [-0.39, 0.29) is 0 Å². The number of aliphatic imine (C=N–C) groups is 2. The van der Waals surface area contributed by atoms with Gasteiger partial charge in [-0.15, -0.1) is 0 Å². The molecule has 0 saturated carbocycles. The van der Waals surface area contributed by atoms with Crippen molar-refractivity contribution in [3.05, 3.63) is 70.4 Å². The largest absolute Gasteiger partial charge is 0.340 e. The fourth-order valence-corrected chi connectivity index (χ4v) is 2.64. The molecule has 2 aromatic carbocycles. The van der Waals surface area contributed by atoms with Crippen LogP contribution in [0.5, 0.6) is 0 Å². The Hall–Kier alpha value is -2.68. The average Bonchev–Trinajstić information content (AvgIpc) is 2.71. The lowest BCUT2D eigenvalue weighted by atomic mass is 10.1. The molecule has 0 spiro atoms. The minimum absolute atomic E-state index is 0.815. The van der Waals surface area contributed by atoms with Crippen molar-refractivity contribution in [2.75, 3.05) is 5.32 Å². The number of anilines is 1. The van der Waals surface area contributed by atoms with Gasteiger partial charge in [0.25, 0.3) is 0 Å². The van der Waals surface area contributed by atoms with Crippen molar-refractivity contribution in [3.8, 4) is 0 Å². The maximum atomic E-state index is 4.93. The van der Waals surface area contributed by atoms with Crippen LogP contribution in [0.15, 0.2) is 58.2 Å². The normalized spacial score (nSPS) is 11.4. The van der Waals surface area contributed by atoms with Gasteiger partial charge in [-0.05, 0) is 64.3 Å². The molecule has 3 heteroatoms. The molecule has 0 aromatic heterocycles. The monoisotopic (exact) mass is 421 g/mol. The first-order chi connectivity index (χ1) is 14.7. The van der Waals surface area contributed by atoms with Crippen LogP contribution in [0.2, 0.25) is 0 Å². The van der Waals surface area contributed by atoms with Gasteiger partial charge in [0.2, 0.25) is 0 Å². The summed E-state index contributed by atoms with van der Waals surface area (Å²) in [5, 5.41) is 3.49. The van der Waals surface area contributed by atoms with E-state index in [0.717, 1.165) is 33.9 Å². The summed E-state index contributed by atoms with van der Waals surface area (Å²) in [6.07, 6.45) is 6.11. The third-order valence-electron chi connectivity index (χ3n) is 4.09. The highest BCUT2D eigenvalue weighted by Crippen LogP contribution is 2.25. The van der Waals surface area contributed by atoms with Gasteiger partial charge < -0.3 is 5.32 Å². The molecular formula is C28H43N3. The standard InChI is InChI=1S/C22H27N3.2C3H8/c1-7-23-14-19(6)22(24-20-12-11-15(2)13-18(20)5)25-21-16(3)9-8-10-17(21)4;2*1-3-2/h7-14H,1-6H3,(H,24,25);2*3H2,1-2H3/b19-14+,23-7?;;. The van der Waals surface area contributed by atoms with E-state index in [1.54, 1.807) is 6.21 Å². The lowest BCUT2D eigenvalue weighted by Crippen LogP contribution is -2.14. The van der Waals surface area contributed by atoms with Crippen LogP contribution in [0.1, 0.15) is 76.6 Å². The predicted octanol–water partition coefficient (Wildman–Crippen LogP) is 8.89. The number of nitrogens with zero attached hydrogens (tertiary/aromatic N) is 2. The summed E-state index contributed by atoms with van der Waals surface area (Å²) < 4.78 is 0. The first-order valence-electron chi connectivity index (χ1n) is 11.4. The number of aryl methyl sites for hydroxylation is 4. The fraction of sp³-hybridized carbons (Fsp3) is 0.429. The zero-order valence-corrected chi connectivity index (χ0v) is 21.4. The van der Waals surface area contributed by atoms with E-state index in [1.165, 1.54) is 24.0 Å². The summed E-state index contributed by atoms with van der Waals surface area (Å²) in [6.45, 7) is 20.8. The molecule has 2 aromatic rings. The summed E-state index contributed by atoms with van der Waals surface area (Å²) in [6, 6.07) is 12.6. The zero-order chi connectivity index (χ0) is 23.8. The molecule has 1 N–H and O–H groups in total. The van der Waals surface area contributed by atoms with Crippen LogP contribution in [-0.2, 0) is 0 Å².